The Kier molecular flexibility index (Phi) is 51.2. The third-order valence-electron chi connectivity index (χ3n) is 16.4. The Morgan fingerprint density at radius 2 is 0.691 bits per heavy atom. The van der Waals surface area contributed by atoms with Gasteiger partial charge in [0.1, 0.15) is 85.1 Å². The predicted molar refractivity (Wildman–Crippen MR) is 382 cm³/mol. The van der Waals surface area contributed by atoms with Crippen LogP contribution in [0.1, 0.15) is 80.1 Å². The van der Waals surface area contributed by atoms with Crippen LogP contribution in [-0.4, -0.2) is 387 Å². The van der Waals surface area contributed by atoms with E-state index in [0.717, 1.165) is 0 Å². The SMILES string of the molecule is CC(=O)NC1C(OCCOCCNC(=O)CCC(NC(=O)CCC(NC(=O)CCOCCOCCOCCOCCOCCOCCCOP([O-])(=S)C(C)(C)C)C(=O)NCCOCCOC2OC(CO)C(O)C(O)C2NC(C)=O)C(=O)NCCOCCOC2OC(CO)C(O)C(O)C2NC(C)=O)OC(CO)C(O)C1O. The first-order chi connectivity index (χ1) is 52.5. The average molecular weight is 1630 g/mol. The summed E-state index contributed by atoms with van der Waals surface area (Å²) in [7, 11) is 0. The molecule has 110 heavy (non-hydrogen) atoms. The van der Waals surface area contributed by atoms with Crippen LogP contribution in [0.2, 0.25) is 0 Å². The minimum absolute atomic E-state index is 0.0348. The Hall–Kier alpha value is -4.63. The number of rotatable bonds is 60. The Morgan fingerprint density at radius 1 is 0.400 bits per heavy atom. The maximum Gasteiger partial charge on any atom is 0.242 e. The molecule has 18 unspecified atom stereocenters. The standard InChI is InChI=1S/C66H121N8O34PS/c1-41(78)70-52-58(87)55(84)46(38-75)106-63(52)102-35-32-95-19-13-67-49(81)10-8-44(61(90)68-14-20-96-33-36-103-64-53(71-42(2)79)59(88)56(85)47(39-76)107-64)73-50(82)11-9-45(62(91)69-15-21-97-34-37-104-65-54(72-43(3)80)60(89)57(86)48(40-77)108-65)74-51(83)12-18-94-23-25-99-27-29-101-31-30-100-28-26-98-24-22-93-16-7-17-105-109(92,110)66(4,5)6/h44-48,52-60,63-65,75-77,84-89H,7-40H2,1-6H3,(H,67,81)(H,68,90)(H,69,91)(H,70,78)(H,71,79)(H,72,80)(H,73,82)(H,74,83)(H,92,110)/p-1. The Balaban J connectivity index is 1.56. The van der Waals surface area contributed by atoms with Crippen LogP contribution in [0.5, 0.6) is 0 Å². The Morgan fingerprint density at radius 3 is 1.02 bits per heavy atom. The molecule has 3 aliphatic heterocycles. The number of aliphatic hydroxyl groups excluding tert-OH is 9. The minimum Gasteiger partial charge on any atom is -0.800 e. The number of hydrogen-bond acceptors (Lipinski definition) is 35. The zero-order valence-corrected chi connectivity index (χ0v) is 65.2. The molecule has 3 aliphatic rings. The monoisotopic (exact) mass is 1630 g/mol. The topological polar surface area (TPSA) is 586 Å². The summed E-state index contributed by atoms with van der Waals surface area (Å²) in [6.07, 6.45) is -17.7. The Labute approximate surface area is 644 Å². The van der Waals surface area contributed by atoms with Gasteiger partial charge in [-0.3, -0.25) is 38.4 Å². The van der Waals surface area contributed by atoms with Gasteiger partial charge in [-0.1, -0.05) is 32.6 Å². The lowest BCUT2D eigenvalue weighted by atomic mass is 9.97. The lowest BCUT2D eigenvalue weighted by Crippen LogP contribution is -2.64. The van der Waals surface area contributed by atoms with Gasteiger partial charge in [0.05, 0.1) is 159 Å². The van der Waals surface area contributed by atoms with E-state index in [-0.39, 0.29) is 144 Å². The number of aliphatic hydroxyl groups is 9. The molecule has 0 saturated carbocycles. The normalized spacial score (nSPS) is 25.3. The molecule has 17 N–H and O–H groups in total. The van der Waals surface area contributed by atoms with Gasteiger partial charge >= 0.3 is 0 Å². The van der Waals surface area contributed by atoms with Crippen LogP contribution in [-0.2, 0) is 126 Å². The smallest absolute Gasteiger partial charge is 0.242 e. The summed E-state index contributed by atoms with van der Waals surface area (Å²) in [5.74, 6) is -5.12. The molecule has 0 aromatic heterocycles. The van der Waals surface area contributed by atoms with Gasteiger partial charge in [0.25, 0.3) is 0 Å². The quantitative estimate of drug-likeness (QED) is 0.0199. The summed E-state index contributed by atoms with van der Waals surface area (Å²) >= 11 is 5.10. The molecule has 0 aromatic carbocycles. The van der Waals surface area contributed by atoms with E-state index in [1.54, 1.807) is 20.8 Å². The van der Waals surface area contributed by atoms with E-state index in [0.29, 0.717) is 52.7 Å². The van der Waals surface area contributed by atoms with Crippen molar-refractivity contribution in [2.24, 2.45) is 0 Å². The molecule has 8 amide bonds. The zero-order chi connectivity index (χ0) is 81.4. The van der Waals surface area contributed by atoms with E-state index in [9.17, 15) is 89.2 Å². The molecule has 0 aromatic rings. The van der Waals surface area contributed by atoms with E-state index >= 15 is 0 Å². The van der Waals surface area contributed by atoms with Crippen LogP contribution < -0.4 is 47.4 Å². The molecule has 3 saturated heterocycles. The summed E-state index contributed by atoms with van der Waals surface area (Å²) in [5.41, 5.74) is 0. The van der Waals surface area contributed by atoms with Crippen LogP contribution in [0.25, 0.3) is 0 Å². The van der Waals surface area contributed by atoms with E-state index < -0.39 is 189 Å². The van der Waals surface area contributed by atoms with Gasteiger partial charge in [0, 0.05) is 71.4 Å². The molecule has 0 aliphatic carbocycles. The van der Waals surface area contributed by atoms with Crippen molar-refractivity contribution in [2.45, 2.75) is 189 Å². The number of ether oxygens (including phenoxy) is 15. The lowest BCUT2D eigenvalue weighted by molar-refractivity contribution is -0.272. The maximum atomic E-state index is 13.8. The van der Waals surface area contributed by atoms with E-state index in [4.69, 9.17) is 87.4 Å². The number of carbonyl (C=O) groups is 8. The maximum absolute atomic E-state index is 13.8. The fourth-order valence-electron chi connectivity index (χ4n) is 10.4. The van der Waals surface area contributed by atoms with Gasteiger partial charge < -0.3 is 169 Å². The third kappa shape index (κ3) is 40.1. The number of nitrogens with one attached hydrogen (secondary N) is 8. The molecular weight excluding hydrogens is 1510 g/mol. The van der Waals surface area contributed by atoms with Crippen molar-refractivity contribution in [1.29, 1.82) is 0 Å². The largest absolute Gasteiger partial charge is 0.800 e. The fraction of sp³-hybridized carbons (Fsp3) is 0.879. The van der Waals surface area contributed by atoms with Crippen molar-refractivity contribution in [3.05, 3.63) is 0 Å². The summed E-state index contributed by atoms with van der Waals surface area (Å²) in [6, 6.07) is -6.29. The molecule has 640 valence electrons. The van der Waals surface area contributed by atoms with Crippen LogP contribution in [0.15, 0.2) is 0 Å². The van der Waals surface area contributed by atoms with Crippen LogP contribution in [0.3, 0.4) is 0 Å². The van der Waals surface area contributed by atoms with Crippen LogP contribution in [0.4, 0.5) is 0 Å². The van der Waals surface area contributed by atoms with Crippen molar-refractivity contribution in [3.63, 3.8) is 0 Å². The highest BCUT2D eigenvalue weighted by atomic mass is 32.5. The second kappa shape index (κ2) is 56.6. The molecule has 0 radical (unpaired) electrons. The van der Waals surface area contributed by atoms with Crippen LogP contribution >= 0.6 is 6.49 Å². The number of carbonyl (C=O) groups excluding carboxylic acids is 8. The van der Waals surface area contributed by atoms with Gasteiger partial charge in [-0.05, 0) is 25.8 Å². The highest BCUT2D eigenvalue weighted by Gasteiger charge is 2.48. The van der Waals surface area contributed by atoms with Gasteiger partial charge in [-0.2, -0.15) is 0 Å². The second-order valence-corrected chi connectivity index (χ2v) is 30.3. The molecule has 0 spiro atoms. The van der Waals surface area contributed by atoms with E-state index in [1.165, 1.54) is 20.8 Å². The third-order valence-corrected chi connectivity index (χ3v) is 20.5. The van der Waals surface area contributed by atoms with Gasteiger partial charge in [-0.25, -0.2) is 0 Å². The summed E-state index contributed by atoms with van der Waals surface area (Å²) < 4.78 is 88.9. The number of hydrogen-bond donors (Lipinski definition) is 17. The van der Waals surface area contributed by atoms with Crippen molar-refractivity contribution in [1.82, 2.24) is 42.5 Å². The van der Waals surface area contributed by atoms with Gasteiger partial charge in [-0.15, -0.1) is 0 Å². The zero-order valence-electron chi connectivity index (χ0n) is 63.4. The lowest BCUT2D eigenvalue weighted by Gasteiger charge is -2.42. The van der Waals surface area contributed by atoms with E-state index in [2.05, 4.69) is 42.5 Å². The molecule has 3 fully saturated rings. The predicted octanol–water partition coefficient (Wildman–Crippen LogP) is -8.84. The molecule has 3 rings (SSSR count). The highest BCUT2D eigenvalue weighted by Crippen LogP contribution is 2.51. The molecule has 3 heterocycles. The van der Waals surface area contributed by atoms with Gasteiger partial charge in [0.15, 0.2) is 18.9 Å². The van der Waals surface area contributed by atoms with Crippen molar-refractivity contribution in [2.75, 3.05) is 185 Å². The fourth-order valence-corrected chi connectivity index (χ4v) is 11.4. The average Bonchev–Trinajstić information content (AvgIpc) is 0.826. The molecular formula is C66H120N8O34PS-. The Bertz CT molecular complexity index is 2670. The molecule has 42 nitrogen and oxygen atoms in total. The highest BCUT2D eigenvalue weighted by molar-refractivity contribution is 8.09. The number of amides is 8. The van der Waals surface area contributed by atoms with Crippen molar-refractivity contribution in [3.8, 4) is 0 Å². The molecule has 0 bridgehead atoms. The summed E-state index contributed by atoms with van der Waals surface area (Å²) in [4.78, 5) is 116. The second-order valence-electron chi connectivity index (χ2n) is 26.3. The summed E-state index contributed by atoms with van der Waals surface area (Å²) in [5, 5.41) is 111. The molecule has 18 atom stereocenters. The first-order valence-electron chi connectivity index (χ1n) is 36.6. The van der Waals surface area contributed by atoms with Gasteiger partial charge in [0.2, 0.25) is 47.3 Å². The van der Waals surface area contributed by atoms with Crippen LogP contribution in [0, 0.1) is 0 Å². The summed E-state index contributed by atoms with van der Waals surface area (Å²) in [6.45, 7) is 5.82. The minimum atomic E-state index is -3.13. The van der Waals surface area contributed by atoms with Crippen molar-refractivity contribution >= 4 is 65.6 Å². The van der Waals surface area contributed by atoms with E-state index in [1.807, 2.05) is 0 Å². The first kappa shape index (κ1) is 99.6. The first-order valence-corrected chi connectivity index (χ1v) is 39.2. The van der Waals surface area contributed by atoms with Crippen molar-refractivity contribution < 1.29 is 165 Å². The molecule has 44 heteroatoms.